The number of hydrogen-bond donors (Lipinski definition) is 3. The van der Waals surface area contributed by atoms with Crippen LogP contribution in [0.1, 0.15) is 75.6 Å². The highest BCUT2D eigenvalue weighted by atomic mass is 16.6. The van der Waals surface area contributed by atoms with Gasteiger partial charge >= 0.3 is 12.1 Å². The Morgan fingerprint density at radius 1 is 1.13 bits per heavy atom. The normalized spacial score (nSPS) is 14.9. The molecule has 4 amide bonds. The number of nitrogens with zero attached hydrogens (tertiary/aromatic N) is 1. The third-order valence-electron chi connectivity index (χ3n) is 6.27. The number of nitrogens with one attached hydrogen (secondary N) is 2. The van der Waals surface area contributed by atoms with E-state index in [1.165, 1.54) is 12.0 Å². The Hall–Kier alpha value is -3.63. The highest BCUT2D eigenvalue weighted by molar-refractivity contribution is 5.94. The number of amides is 4. The molecule has 1 aromatic rings. The van der Waals surface area contributed by atoms with E-state index in [9.17, 15) is 24.0 Å². The van der Waals surface area contributed by atoms with Crippen molar-refractivity contribution >= 4 is 29.8 Å². The molecule has 1 aliphatic carbocycles. The number of methoxy groups -OCH3 is 1. The molecule has 11 nitrogen and oxygen atoms in total. The molecule has 0 aromatic heterocycles. The van der Waals surface area contributed by atoms with Crippen LogP contribution in [-0.2, 0) is 28.7 Å². The maximum absolute atomic E-state index is 14.1. The molecule has 38 heavy (non-hydrogen) atoms. The van der Waals surface area contributed by atoms with Crippen molar-refractivity contribution in [3.05, 3.63) is 34.9 Å². The van der Waals surface area contributed by atoms with Gasteiger partial charge in [-0.1, -0.05) is 23.8 Å². The summed E-state index contributed by atoms with van der Waals surface area (Å²) in [5.41, 5.74) is 6.88. The Morgan fingerprint density at radius 3 is 2.29 bits per heavy atom. The minimum Gasteiger partial charge on any atom is -0.468 e. The first-order chi connectivity index (χ1) is 17.7. The van der Waals surface area contributed by atoms with Crippen molar-refractivity contribution in [1.29, 1.82) is 0 Å². The number of primary amides is 1. The van der Waals surface area contributed by atoms with E-state index in [1.54, 1.807) is 26.8 Å². The minimum absolute atomic E-state index is 0.0694. The van der Waals surface area contributed by atoms with Crippen LogP contribution in [0, 0.1) is 13.8 Å². The van der Waals surface area contributed by atoms with Gasteiger partial charge in [0.05, 0.1) is 7.11 Å². The number of hydrogen-bond acceptors (Lipinski definition) is 7. The van der Waals surface area contributed by atoms with Gasteiger partial charge in [0, 0.05) is 12.5 Å². The van der Waals surface area contributed by atoms with Crippen molar-refractivity contribution in [2.45, 2.75) is 90.4 Å². The van der Waals surface area contributed by atoms with Gasteiger partial charge in [-0.05, 0) is 71.4 Å². The Balaban J connectivity index is 2.52. The molecule has 0 spiro atoms. The lowest BCUT2D eigenvalue weighted by Crippen LogP contribution is -2.58. The van der Waals surface area contributed by atoms with Crippen LogP contribution < -0.4 is 16.4 Å². The first kappa shape index (κ1) is 30.6. The lowest BCUT2D eigenvalue weighted by Gasteiger charge is -2.44. The number of benzene rings is 1. The zero-order valence-electron chi connectivity index (χ0n) is 23.1. The fourth-order valence-corrected chi connectivity index (χ4v) is 4.23. The molecule has 2 atom stereocenters. The van der Waals surface area contributed by atoms with Gasteiger partial charge in [0.15, 0.2) is 0 Å². The quantitative estimate of drug-likeness (QED) is 0.369. The first-order valence-electron chi connectivity index (χ1n) is 12.7. The molecular weight excluding hydrogens is 492 g/mol. The number of ether oxygens (including phenoxy) is 2. The topological polar surface area (TPSA) is 157 Å². The molecule has 0 saturated heterocycles. The first-order valence-corrected chi connectivity index (χ1v) is 12.7. The molecule has 4 N–H and O–H groups in total. The van der Waals surface area contributed by atoms with Crippen LogP contribution in [0.15, 0.2) is 18.2 Å². The average Bonchev–Trinajstić information content (AvgIpc) is 2.77. The summed E-state index contributed by atoms with van der Waals surface area (Å²) in [7, 11) is 1.21. The van der Waals surface area contributed by atoms with E-state index in [0.29, 0.717) is 18.4 Å². The second-order valence-electron chi connectivity index (χ2n) is 10.6. The fourth-order valence-electron chi connectivity index (χ4n) is 4.23. The summed E-state index contributed by atoms with van der Waals surface area (Å²) in [6, 6.07) is 2.99. The molecule has 210 valence electrons. The molecule has 1 fully saturated rings. The molecule has 1 aromatic carbocycles. The van der Waals surface area contributed by atoms with E-state index in [2.05, 4.69) is 15.4 Å². The van der Waals surface area contributed by atoms with E-state index in [0.717, 1.165) is 17.5 Å². The number of rotatable bonds is 11. The van der Waals surface area contributed by atoms with E-state index >= 15 is 0 Å². The molecule has 0 aliphatic heterocycles. The molecule has 2 rings (SSSR count). The van der Waals surface area contributed by atoms with Crippen molar-refractivity contribution in [1.82, 2.24) is 15.5 Å². The smallest absolute Gasteiger partial charge is 0.408 e. The molecule has 0 heterocycles. The van der Waals surface area contributed by atoms with Crippen LogP contribution in [0.2, 0.25) is 0 Å². The van der Waals surface area contributed by atoms with Crippen molar-refractivity contribution in [3.8, 4) is 0 Å². The third kappa shape index (κ3) is 8.74. The van der Waals surface area contributed by atoms with Crippen molar-refractivity contribution in [2.75, 3.05) is 13.7 Å². The Labute approximate surface area is 223 Å². The van der Waals surface area contributed by atoms with Gasteiger partial charge in [-0.2, -0.15) is 0 Å². The van der Waals surface area contributed by atoms with Gasteiger partial charge in [0.2, 0.25) is 17.7 Å². The Bertz CT molecular complexity index is 1050. The number of esters is 1. The summed E-state index contributed by atoms with van der Waals surface area (Å²) in [5.74, 6) is -2.37. The lowest BCUT2D eigenvalue weighted by molar-refractivity contribution is -0.148. The summed E-state index contributed by atoms with van der Waals surface area (Å²) in [6.07, 6.45) is 1.13. The molecule has 2 unspecified atom stereocenters. The van der Waals surface area contributed by atoms with Crippen LogP contribution in [0.3, 0.4) is 0 Å². The number of carbonyl (C=O) groups is 5. The van der Waals surface area contributed by atoms with Crippen LogP contribution in [0.5, 0.6) is 0 Å². The standard InChI is InChI=1S/C27H40N4O7/c1-16-10-11-19(17(2)14-16)23(24(34)29-15-22(33)37-6)31(18-8-7-9-18)25(35)20(12-13-21(28)32)30-26(36)38-27(3,4)5/h10-11,14,18,20,23H,7-9,12-13,15H2,1-6H3,(H2,28,32)(H,29,34)(H,30,36). The average molecular weight is 533 g/mol. The Kier molecular flexibility index (Phi) is 10.7. The SMILES string of the molecule is COC(=O)CNC(=O)C(c1ccc(C)cc1C)N(C(=O)C(CCC(N)=O)NC(=O)OC(C)(C)C)C1CCC1. The minimum atomic E-state index is -1.17. The van der Waals surface area contributed by atoms with Crippen LogP contribution in [0.4, 0.5) is 4.79 Å². The van der Waals surface area contributed by atoms with Gasteiger partial charge in [0.25, 0.3) is 0 Å². The number of alkyl carbamates (subject to hydrolysis) is 1. The highest BCUT2D eigenvalue weighted by Crippen LogP contribution is 2.35. The summed E-state index contributed by atoms with van der Waals surface area (Å²) < 4.78 is 9.99. The Morgan fingerprint density at radius 2 is 1.79 bits per heavy atom. The summed E-state index contributed by atoms with van der Waals surface area (Å²) >= 11 is 0. The lowest BCUT2D eigenvalue weighted by atomic mass is 9.87. The van der Waals surface area contributed by atoms with Crippen molar-refractivity contribution < 1.29 is 33.4 Å². The van der Waals surface area contributed by atoms with Gasteiger partial charge in [0.1, 0.15) is 24.2 Å². The molecule has 0 radical (unpaired) electrons. The summed E-state index contributed by atoms with van der Waals surface area (Å²) in [6.45, 7) is 8.46. The highest BCUT2D eigenvalue weighted by Gasteiger charge is 2.42. The van der Waals surface area contributed by atoms with Gasteiger partial charge in [-0.3, -0.25) is 19.2 Å². The van der Waals surface area contributed by atoms with Gasteiger partial charge in [-0.25, -0.2) is 4.79 Å². The number of nitrogens with two attached hydrogens (primary N) is 1. The van der Waals surface area contributed by atoms with Gasteiger partial charge in [-0.15, -0.1) is 0 Å². The third-order valence-corrected chi connectivity index (χ3v) is 6.27. The predicted octanol–water partition coefficient (Wildman–Crippen LogP) is 2.17. The van der Waals surface area contributed by atoms with Gasteiger partial charge < -0.3 is 30.7 Å². The van der Waals surface area contributed by atoms with Crippen molar-refractivity contribution in [2.24, 2.45) is 5.73 Å². The van der Waals surface area contributed by atoms with Crippen molar-refractivity contribution in [3.63, 3.8) is 0 Å². The second-order valence-corrected chi connectivity index (χ2v) is 10.6. The zero-order chi connectivity index (χ0) is 28.6. The van der Waals surface area contributed by atoms with Crippen LogP contribution in [0.25, 0.3) is 0 Å². The molecule has 1 saturated carbocycles. The van der Waals surface area contributed by atoms with Crippen LogP contribution in [-0.4, -0.2) is 66.0 Å². The zero-order valence-corrected chi connectivity index (χ0v) is 23.1. The number of aryl methyl sites for hydroxylation is 2. The maximum Gasteiger partial charge on any atom is 0.408 e. The molecule has 1 aliphatic rings. The second kappa shape index (κ2) is 13.3. The largest absolute Gasteiger partial charge is 0.468 e. The van der Waals surface area contributed by atoms with E-state index in [1.807, 2.05) is 26.0 Å². The summed E-state index contributed by atoms with van der Waals surface area (Å²) in [4.78, 5) is 65.1. The fraction of sp³-hybridized carbons (Fsp3) is 0.593. The number of carbonyl (C=O) groups excluding carboxylic acids is 5. The van der Waals surface area contributed by atoms with E-state index < -0.39 is 47.5 Å². The summed E-state index contributed by atoms with van der Waals surface area (Å²) in [5, 5.41) is 5.15. The molecule has 11 heteroatoms. The maximum atomic E-state index is 14.1. The molecular formula is C27H40N4O7. The van der Waals surface area contributed by atoms with E-state index in [4.69, 9.17) is 10.5 Å². The predicted molar refractivity (Wildman–Crippen MR) is 140 cm³/mol. The monoisotopic (exact) mass is 532 g/mol. The van der Waals surface area contributed by atoms with Crippen LogP contribution >= 0.6 is 0 Å². The molecule has 0 bridgehead atoms. The van der Waals surface area contributed by atoms with E-state index in [-0.39, 0.29) is 25.4 Å².